The first-order valence-corrected chi connectivity index (χ1v) is 3.17. The Balaban J connectivity index is 3.25. The molecule has 1 rings (SSSR count). The first kappa shape index (κ1) is 6.97. The fourth-order valence-electron chi connectivity index (χ4n) is 0.643. The standard InChI is InChI=1S/C7H6N2S/c8-4-5-3-6(9)1-2-7(5)10/h1-3,10H,9H2. The van der Waals surface area contributed by atoms with Gasteiger partial charge in [-0.3, -0.25) is 0 Å². The van der Waals surface area contributed by atoms with Gasteiger partial charge in [0.2, 0.25) is 0 Å². The van der Waals surface area contributed by atoms with Gasteiger partial charge in [-0.1, -0.05) is 0 Å². The van der Waals surface area contributed by atoms with Crippen LogP contribution in [-0.2, 0) is 0 Å². The number of benzene rings is 1. The van der Waals surface area contributed by atoms with Crippen LogP contribution >= 0.6 is 12.6 Å². The van der Waals surface area contributed by atoms with Crippen molar-refractivity contribution >= 4 is 18.3 Å². The molecule has 0 spiro atoms. The summed E-state index contributed by atoms with van der Waals surface area (Å²) in [5.74, 6) is 0. The van der Waals surface area contributed by atoms with E-state index in [-0.39, 0.29) is 0 Å². The van der Waals surface area contributed by atoms with Crippen LogP contribution in [0.2, 0.25) is 0 Å². The van der Waals surface area contributed by atoms with Crippen molar-refractivity contribution < 1.29 is 0 Å². The van der Waals surface area contributed by atoms with Crippen LogP contribution in [0.15, 0.2) is 23.1 Å². The second kappa shape index (κ2) is 2.63. The van der Waals surface area contributed by atoms with Crippen molar-refractivity contribution in [1.29, 1.82) is 5.26 Å². The summed E-state index contributed by atoms with van der Waals surface area (Å²) < 4.78 is 0. The molecule has 3 heteroatoms. The van der Waals surface area contributed by atoms with E-state index in [0.29, 0.717) is 16.1 Å². The van der Waals surface area contributed by atoms with Crippen LogP contribution in [0.25, 0.3) is 0 Å². The highest BCUT2D eigenvalue weighted by Gasteiger charge is 1.95. The van der Waals surface area contributed by atoms with Crippen LogP contribution in [0.3, 0.4) is 0 Å². The van der Waals surface area contributed by atoms with Crippen molar-refractivity contribution in [1.82, 2.24) is 0 Å². The van der Waals surface area contributed by atoms with E-state index in [4.69, 9.17) is 11.0 Å². The van der Waals surface area contributed by atoms with Crippen molar-refractivity contribution in [2.75, 3.05) is 5.73 Å². The van der Waals surface area contributed by atoms with Gasteiger partial charge in [0.1, 0.15) is 6.07 Å². The third-order valence-electron chi connectivity index (χ3n) is 1.14. The van der Waals surface area contributed by atoms with Gasteiger partial charge in [-0.2, -0.15) is 5.26 Å². The zero-order valence-electron chi connectivity index (χ0n) is 5.20. The van der Waals surface area contributed by atoms with Gasteiger partial charge in [-0.05, 0) is 18.2 Å². The maximum absolute atomic E-state index is 8.49. The van der Waals surface area contributed by atoms with Crippen LogP contribution in [-0.4, -0.2) is 0 Å². The van der Waals surface area contributed by atoms with Crippen molar-refractivity contribution in [2.45, 2.75) is 4.90 Å². The second-order valence-corrected chi connectivity index (χ2v) is 2.37. The molecule has 1 aromatic carbocycles. The number of nitrogen functional groups attached to an aromatic ring is 1. The molecule has 0 saturated carbocycles. The average molecular weight is 150 g/mol. The van der Waals surface area contributed by atoms with Gasteiger partial charge in [0.05, 0.1) is 5.56 Å². The Morgan fingerprint density at radius 3 is 2.70 bits per heavy atom. The lowest BCUT2D eigenvalue weighted by Crippen LogP contribution is -1.85. The topological polar surface area (TPSA) is 49.8 Å². The van der Waals surface area contributed by atoms with E-state index in [9.17, 15) is 0 Å². The Bertz CT molecular complexity index is 288. The fraction of sp³-hybridized carbons (Fsp3) is 0. The van der Waals surface area contributed by atoms with Gasteiger partial charge in [0, 0.05) is 10.6 Å². The zero-order valence-corrected chi connectivity index (χ0v) is 6.10. The highest BCUT2D eigenvalue weighted by molar-refractivity contribution is 7.80. The fourth-order valence-corrected chi connectivity index (χ4v) is 0.832. The van der Waals surface area contributed by atoms with E-state index in [0.717, 1.165) is 0 Å². The molecule has 10 heavy (non-hydrogen) atoms. The smallest absolute Gasteiger partial charge is 0.100 e. The average Bonchev–Trinajstić information content (AvgIpc) is 1.94. The van der Waals surface area contributed by atoms with Crippen LogP contribution < -0.4 is 5.73 Å². The monoisotopic (exact) mass is 150 g/mol. The van der Waals surface area contributed by atoms with Crippen molar-refractivity contribution in [3.8, 4) is 6.07 Å². The van der Waals surface area contributed by atoms with Crippen molar-refractivity contribution in [3.05, 3.63) is 23.8 Å². The number of rotatable bonds is 0. The number of nitrogens with zero attached hydrogens (tertiary/aromatic N) is 1. The molecule has 1 aromatic rings. The number of hydrogen-bond acceptors (Lipinski definition) is 3. The molecule has 0 heterocycles. The first-order chi connectivity index (χ1) is 4.74. The highest BCUT2D eigenvalue weighted by atomic mass is 32.1. The summed E-state index contributed by atoms with van der Waals surface area (Å²) in [5, 5.41) is 8.49. The molecule has 0 aliphatic carbocycles. The molecular weight excluding hydrogens is 144 g/mol. The lowest BCUT2D eigenvalue weighted by atomic mass is 10.2. The quantitative estimate of drug-likeness (QED) is 0.434. The maximum atomic E-state index is 8.49. The summed E-state index contributed by atoms with van der Waals surface area (Å²) in [7, 11) is 0. The maximum Gasteiger partial charge on any atom is 0.100 e. The molecule has 2 N–H and O–H groups in total. The molecule has 0 aromatic heterocycles. The molecular formula is C7H6N2S. The molecule has 0 amide bonds. The van der Waals surface area contributed by atoms with Crippen LogP contribution in [0.1, 0.15) is 5.56 Å². The van der Waals surface area contributed by atoms with Gasteiger partial charge in [0.15, 0.2) is 0 Å². The zero-order chi connectivity index (χ0) is 7.56. The SMILES string of the molecule is N#Cc1cc(N)ccc1S. The van der Waals surface area contributed by atoms with Crippen LogP contribution in [0, 0.1) is 11.3 Å². The number of nitrogens with two attached hydrogens (primary N) is 1. The summed E-state index contributed by atoms with van der Waals surface area (Å²) in [6, 6.07) is 7.00. The van der Waals surface area contributed by atoms with Gasteiger partial charge < -0.3 is 5.73 Å². The molecule has 0 atom stereocenters. The molecule has 0 aliphatic rings. The largest absolute Gasteiger partial charge is 0.399 e. The number of hydrogen-bond donors (Lipinski definition) is 2. The minimum absolute atomic E-state index is 0.517. The summed E-state index contributed by atoms with van der Waals surface area (Å²) in [6.45, 7) is 0. The number of thiol groups is 1. The molecule has 0 bridgehead atoms. The van der Waals surface area contributed by atoms with E-state index < -0.39 is 0 Å². The lowest BCUT2D eigenvalue weighted by Gasteiger charge is -1.95. The molecule has 0 fully saturated rings. The Morgan fingerprint density at radius 1 is 1.50 bits per heavy atom. The number of anilines is 1. The van der Waals surface area contributed by atoms with E-state index in [2.05, 4.69) is 12.6 Å². The summed E-state index contributed by atoms with van der Waals surface area (Å²) in [6.07, 6.45) is 0. The van der Waals surface area contributed by atoms with Gasteiger partial charge in [0.25, 0.3) is 0 Å². The van der Waals surface area contributed by atoms with Gasteiger partial charge >= 0.3 is 0 Å². The summed E-state index contributed by atoms with van der Waals surface area (Å²) in [5.41, 5.74) is 6.53. The molecule has 2 nitrogen and oxygen atoms in total. The Kier molecular flexibility index (Phi) is 1.83. The van der Waals surface area contributed by atoms with E-state index in [1.54, 1.807) is 18.2 Å². The van der Waals surface area contributed by atoms with Crippen molar-refractivity contribution in [3.63, 3.8) is 0 Å². The van der Waals surface area contributed by atoms with E-state index in [1.165, 1.54) is 0 Å². The first-order valence-electron chi connectivity index (χ1n) is 2.72. The summed E-state index contributed by atoms with van der Waals surface area (Å²) in [4.78, 5) is 0.664. The van der Waals surface area contributed by atoms with Crippen LogP contribution in [0.5, 0.6) is 0 Å². The Labute approximate surface area is 64.7 Å². The van der Waals surface area contributed by atoms with Crippen LogP contribution in [0.4, 0.5) is 5.69 Å². The predicted molar refractivity (Wildman–Crippen MR) is 42.8 cm³/mol. The Hall–Kier alpha value is -1.14. The summed E-state index contributed by atoms with van der Waals surface area (Å²) >= 11 is 4.05. The number of nitriles is 1. The van der Waals surface area contributed by atoms with Gasteiger partial charge in [-0.25, -0.2) is 0 Å². The highest BCUT2D eigenvalue weighted by Crippen LogP contribution is 2.15. The molecule has 0 saturated heterocycles. The Morgan fingerprint density at radius 2 is 2.20 bits per heavy atom. The second-order valence-electron chi connectivity index (χ2n) is 1.89. The van der Waals surface area contributed by atoms with Crippen molar-refractivity contribution in [2.24, 2.45) is 0 Å². The predicted octanol–water partition coefficient (Wildman–Crippen LogP) is 1.43. The molecule has 0 unspecified atom stereocenters. The molecule has 0 radical (unpaired) electrons. The molecule has 50 valence electrons. The molecule has 0 aliphatic heterocycles. The van der Waals surface area contributed by atoms with Gasteiger partial charge in [-0.15, -0.1) is 12.6 Å². The minimum atomic E-state index is 0.517. The normalized spacial score (nSPS) is 8.80. The minimum Gasteiger partial charge on any atom is -0.399 e. The van der Waals surface area contributed by atoms with E-state index >= 15 is 0 Å². The van der Waals surface area contributed by atoms with E-state index in [1.807, 2.05) is 6.07 Å². The lowest BCUT2D eigenvalue weighted by molar-refractivity contribution is 1.38. The third-order valence-corrected chi connectivity index (χ3v) is 1.53. The third kappa shape index (κ3) is 1.23.